The van der Waals surface area contributed by atoms with Crippen LogP contribution in [0.2, 0.25) is 5.02 Å². The van der Waals surface area contributed by atoms with Crippen molar-refractivity contribution in [3.63, 3.8) is 0 Å². The summed E-state index contributed by atoms with van der Waals surface area (Å²) in [7, 11) is 1.85. The minimum Gasteiger partial charge on any atom is -0.354 e. The fourth-order valence-electron chi connectivity index (χ4n) is 1.40. The van der Waals surface area contributed by atoms with Gasteiger partial charge in [0.2, 0.25) is 5.95 Å². The van der Waals surface area contributed by atoms with Crippen molar-refractivity contribution >= 4 is 29.1 Å². The Bertz CT molecular complexity index is 524. The second kappa shape index (κ2) is 5.68. The number of aryl methyl sites for hydroxylation is 1. The highest BCUT2D eigenvalue weighted by molar-refractivity contribution is 6.32. The van der Waals surface area contributed by atoms with Crippen LogP contribution in [-0.2, 0) is 7.05 Å². The zero-order valence-electron chi connectivity index (χ0n) is 10.3. The Balaban J connectivity index is 2.15. The van der Waals surface area contributed by atoms with Gasteiger partial charge in [0.05, 0.1) is 18.1 Å². The summed E-state index contributed by atoms with van der Waals surface area (Å²) in [5.41, 5.74) is 0.833. The Labute approximate surface area is 110 Å². The highest BCUT2D eigenvalue weighted by Crippen LogP contribution is 2.23. The molecule has 2 heterocycles. The molecule has 0 amide bonds. The molecule has 96 valence electrons. The van der Waals surface area contributed by atoms with Gasteiger partial charge in [-0.05, 0) is 6.42 Å². The van der Waals surface area contributed by atoms with Crippen molar-refractivity contribution in [2.75, 3.05) is 17.2 Å². The molecule has 0 spiro atoms. The van der Waals surface area contributed by atoms with Gasteiger partial charge in [-0.3, -0.25) is 4.68 Å². The minimum atomic E-state index is 0.473. The van der Waals surface area contributed by atoms with Crippen molar-refractivity contribution < 1.29 is 0 Å². The first kappa shape index (κ1) is 12.6. The summed E-state index contributed by atoms with van der Waals surface area (Å²) in [5, 5.41) is 10.8. The summed E-state index contributed by atoms with van der Waals surface area (Å²) in [6, 6.07) is 0. The van der Waals surface area contributed by atoms with E-state index in [1.807, 2.05) is 13.2 Å². The van der Waals surface area contributed by atoms with E-state index < -0.39 is 0 Å². The third-order valence-corrected chi connectivity index (χ3v) is 2.52. The lowest BCUT2D eigenvalue weighted by molar-refractivity contribution is 0.768. The molecule has 0 radical (unpaired) electrons. The highest BCUT2D eigenvalue weighted by atomic mass is 35.5. The van der Waals surface area contributed by atoms with Crippen molar-refractivity contribution in [1.29, 1.82) is 0 Å². The highest BCUT2D eigenvalue weighted by Gasteiger charge is 2.06. The van der Waals surface area contributed by atoms with Crippen molar-refractivity contribution in [3.05, 3.63) is 23.6 Å². The molecule has 0 aliphatic heterocycles. The molecule has 2 rings (SSSR count). The lowest BCUT2D eigenvalue weighted by Crippen LogP contribution is -2.05. The summed E-state index contributed by atoms with van der Waals surface area (Å²) in [4.78, 5) is 8.42. The number of anilines is 3. The number of halogens is 1. The number of aromatic nitrogens is 4. The molecule has 0 aromatic carbocycles. The van der Waals surface area contributed by atoms with Crippen LogP contribution in [0.1, 0.15) is 13.3 Å². The molecule has 6 nitrogen and oxygen atoms in total. The zero-order chi connectivity index (χ0) is 13.0. The molecule has 18 heavy (non-hydrogen) atoms. The van der Waals surface area contributed by atoms with Crippen LogP contribution in [0, 0.1) is 0 Å². The molecule has 0 atom stereocenters. The SMILES string of the molecule is CCCNc1ncc(Cl)c(Nc2cnn(C)c2)n1. The first-order valence-electron chi connectivity index (χ1n) is 5.71. The maximum atomic E-state index is 6.04. The smallest absolute Gasteiger partial charge is 0.224 e. The first-order valence-corrected chi connectivity index (χ1v) is 6.09. The molecule has 0 aliphatic rings. The number of hydrogen-bond donors (Lipinski definition) is 2. The number of hydrogen-bond acceptors (Lipinski definition) is 5. The van der Waals surface area contributed by atoms with E-state index in [-0.39, 0.29) is 0 Å². The second-order valence-electron chi connectivity index (χ2n) is 3.84. The normalized spacial score (nSPS) is 10.4. The quantitative estimate of drug-likeness (QED) is 0.870. The second-order valence-corrected chi connectivity index (χ2v) is 4.25. The van der Waals surface area contributed by atoms with Gasteiger partial charge in [-0.1, -0.05) is 18.5 Å². The molecule has 2 N–H and O–H groups in total. The third-order valence-electron chi connectivity index (χ3n) is 2.24. The van der Waals surface area contributed by atoms with Crippen LogP contribution in [0.4, 0.5) is 17.5 Å². The molecule has 0 unspecified atom stereocenters. The van der Waals surface area contributed by atoms with Gasteiger partial charge in [-0.25, -0.2) is 4.98 Å². The van der Waals surface area contributed by atoms with Gasteiger partial charge in [-0.15, -0.1) is 0 Å². The van der Waals surface area contributed by atoms with Crippen LogP contribution in [0.25, 0.3) is 0 Å². The summed E-state index contributed by atoms with van der Waals surface area (Å²) >= 11 is 6.04. The van der Waals surface area contributed by atoms with Gasteiger partial charge in [0.25, 0.3) is 0 Å². The van der Waals surface area contributed by atoms with Gasteiger partial charge < -0.3 is 10.6 Å². The lowest BCUT2D eigenvalue weighted by atomic mass is 10.5. The van der Waals surface area contributed by atoms with Gasteiger partial charge in [0.15, 0.2) is 5.82 Å². The van der Waals surface area contributed by atoms with Crippen molar-refractivity contribution in [1.82, 2.24) is 19.7 Å². The molecule has 0 aliphatic carbocycles. The van der Waals surface area contributed by atoms with Crippen molar-refractivity contribution in [3.8, 4) is 0 Å². The average molecular weight is 267 g/mol. The number of rotatable bonds is 5. The topological polar surface area (TPSA) is 67.7 Å². The summed E-state index contributed by atoms with van der Waals surface area (Å²) in [6.45, 7) is 2.91. The van der Waals surface area contributed by atoms with E-state index in [0.29, 0.717) is 16.8 Å². The van der Waals surface area contributed by atoms with E-state index in [9.17, 15) is 0 Å². The fourth-order valence-corrected chi connectivity index (χ4v) is 1.54. The fraction of sp³-hybridized carbons (Fsp3) is 0.364. The van der Waals surface area contributed by atoms with Crippen LogP contribution in [-0.4, -0.2) is 26.3 Å². The molecular formula is C11H15ClN6. The van der Waals surface area contributed by atoms with E-state index in [1.54, 1.807) is 17.1 Å². The molecule has 2 aromatic rings. The predicted molar refractivity (Wildman–Crippen MR) is 72.3 cm³/mol. The Morgan fingerprint density at radius 1 is 1.39 bits per heavy atom. The average Bonchev–Trinajstić information content (AvgIpc) is 2.76. The third kappa shape index (κ3) is 3.10. The molecule has 0 fully saturated rings. The van der Waals surface area contributed by atoms with E-state index >= 15 is 0 Å². The van der Waals surface area contributed by atoms with E-state index in [2.05, 4.69) is 32.6 Å². The summed E-state index contributed by atoms with van der Waals surface area (Å²) in [5.74, 6) is 1.13. The van der Waals surface area contributed by atoms with E-state index in [1.165, 1.54) is 0 Å². The molecule has 7 heteroatoms. The van der Waals surface area contributed by atoms with Crippen LogP contribution in [0.5, 0.6) is 0 Å². The standard InChI is InChI=1S/C11H15ClN6/c1-3-4-13-11-14-6-9(12)10(17-11)16-8-5-15-18(2)7-8/h5-7H,3-4H2,1-2H3,(H2,13,14,16,17). The molecule has 0 saturated carbocycles. The minimum absolute atomic E-state index is 0.473. The summed E-state index contributed by atoms with van der Waals surface area (Å²) in [6.07, 6.45) is 6.14. The van der Waals surface area contributed by atoms with Gasteiger partial charge in [0.1, 0.15) is 5.02 Å². The van der Waals surface area contributed by atoms with Crippen molar-refractivity contribution in [2.45, 2.75) is 13.3 Å². The monoisotopic (exact) mass is 266 g/mol. The lowest BCUT2D eigenvalue weighted by Gasteiger charge is -2.07. The van der Waals surface area contributed by atoms with Gasteiger partial charge >= 0.3 is 0 Å². The van der Waals surface area contributed by atoms with E-state index in [4.69, 9.17) is 11.6 Å². The van der Waals surface area contributed by atoms with Gasteiger partial charge in [-0.2, -0.15) is 10.1 Å². The maximum Gasteiger partial charge on any atom is 0.224 e. The number of nitrogens with one attached hydrogen (secondary N) is 2. The van der Waals surface area contributed by atoms with Crippen LogP contribution in [0.15, 0.2) is 18.6 Å². The molecular weight excluding hydrogens is 252 g/mol. The van der Waals surface area contributed by atoms with Crippen LogP contribution in [0.3, 0.4) is 0 Å². The molecule has 0 bridgehead atoms. The Morgan fingerprint density at radius 2 is 2.22 bits per heavy atom. The first-order chi connectivity index (χ1) is 8.69. The molecule has 2 aromatic heterocycles. The zero-order valence-corrected chi connectivity index (χ0v) is 11.1. The van der Waals surface area contributed by atoms with Gasteiger partial charge in [0, 0.05) is 19.8 Å². The largest absolute Gasteiger partial charge is 0.354 e. The van der Waals surface area contributed by atoms with Crippen LogP contribution < -0.4 is 10.6 Å². The van der Waals surface area contributed by atoms with Crippen molar-refractivity contribution in [2.24, 2.45) is 7.05 Å². The summed E-state index contributed by atoms with van der Waals surface area (Å²) < 4.78 is 1.70. The number of nitrogens with zero attached hydrogens (tertiary/aromatic N) is 4. The van der Waals surface area contributed by atoms with Crippen LogP contribution >= 0.6 is 11.6 Å². The predicted octanol–water partition coefficient (Wildman–Crippen LogP) is 2.43. The Morgan fingerprint density at radius 3 is 2.89 bits per heavy atom. The maximum absolute atomic E-state index is 6.04. The Kier molecular flexibility index (Phi) is 3.99. The van der Waals surface area contributed by atoms with E-state index in [0.717, 1.165) is 18.7 Å². The molecule has 0 saturated heterocycles. The Hall–Kier alpha value is -1.82.